The molecule has 0 radical (unpaired) electrons. The number of pyridine rings is 1. The van der Waals surface area contributed by atoms with Gasteiger partial charge in [0, 0.05) is 12.7 Å². The normalized spacial score (nSPS) is 11.3. The highest BCUT2D eigenvalue weighted by molar-refractivity contribution is 7.80. The summed E-state index contributed by atoms with van der Waals surface area (Å²) in [5.74, 6) is 0. The first-order chi connectivity index (χ1) is 7.85. The Kier molecular flexibility index (Phi) is 4.28. The van der Waals surface area contributed by atoms with Crippen molar-refractivity contribution in [2.45, 2.75) is 13.1 Å². The van der Waals surface area contributed by atoms with Crippen LogP contribution in [0.25, 0.3) is 0 Å². The molecule has 0 aromatic carbocycles. The van der Waals surface area contributed by atoms with Gasteiger partial charge in [-0.25, -0.2) is 0 Å². The molecule has 0 aliphatic heterocycles. The van der Waals surface area contributed by atoms with Gasteiger partial charge in [-0.15, -0.1) is 0 Å². The van der Waals surface area contributed by atoms with E-state index >= 15 is 0 Å². The molecule has 94 valence electrons. The molecule has 3 nitrogen and oxygen atoms in total. The number of alkyl halides is 3. The average molecular weight is 263 g/mol. The largest absolute Gasteiger partial charge is 0.405 e. The van der Waals surface area contributed by atoms with Crippen LogP contribution in [-0.4, -0.2) is 29.2 Å². The first-order valence-corrected chi connectivity index (χ1v) is 5.32. The highest BCUT2D eigenvalue weighted by Crippen LogP contribution is 2.23. The van der Waals surface area contributed by atoms with Crippen molar-refractivity contribution in [2.75, 3.05) is 18.0 Å². The Balaban J connectivity index is 3.07. The van der Waals surface area contributed by atoms with Crippen LogP contribution in [0.1, 0.15) is 12.6 Å². The predicted octanol–water partition coefficient (Wildman–Crippen LogP) is 2.10. The fourth-order valence-corrected chi connectivity index (χ4v) is 1.58. The number of thiocarbonyl (C=S) groups is 1. The van der Waals surface area contributed by atoms with Crippen molar-refractivity contribution in [3.63, 3.8) is 0 Å². The van der Waals surface area contributed by atoms with Crippen molar-refractivity contribution >= 4 is 22.9 Å². The minimum Gasteiger partial charge on any atom is -0.388 e. The summed E-state index contributed by atoms with van der Waals surface area (Å²) in [7, 11) is 0. The quantitative estimate of drug-likeness (QED) is 0.845. The number of anilines is 1. The highest BCUT2D eigenvalue weighted by Gasteiger charge is 2.31. The summed E-state index contributed by atoms with van der Waals surface area (Å²) in [4.78, 5) is 5.03. The van der Waals surface area contributed by atoms with Gasteiger partial charge in [-0.1, -0.05) is 12.2 Å². The average Bonchev–Trinajstić information content (AvgIpc) is 2.24. The van der Waals surface area contributed by atoms with Crippen LogP contribution >= 0.6 is 12.2 Å². The van der Waals surface area contributed by atoms with Crippen molar-refractivity contribution in [2.24, 2.45) is 5.73 Å². The van der Waals surface area contributed by atoms with Crippen molar-refractivity contribution in [3.8, 4) is 0 Å². The summed E-state index contributed by atoms with van der Waals surface area (Å²) in [5.41, 5.74) is 5.95. The van der Waals surface area contributed by atoms with Gasteiger partial charge in [-0.05, 0) is 19.1 Å². The lowest BCUT2D eigenvalue weighted by Gasteiger charge is -2.25. The number of nitrogens with zero attached hydrogens (tertiary/aromatic N) is 2. The predicted molar refractivity (Wildman–Crippen MR) is 64.1 cm³/mol. The first-order valence-electron chi connectivity index (χ1n) is 4.91. The third-order valence-electron chi connectivity index (χ3n) is 2.11. The third-order valence-corrected chi connectivity index (χ3v) is 2.31. The van der Waals surface area contributed by atoms with Crippen LogP contribution in [-0.2, 0) is 0 Å². The van der Waals surface area contributed by atoms with E-state index in [-0.39, 0.29) is 17.2 Å². The lowest BCUT2D eigenvalue weighted by molar-refractivity contribution is -0.119. The minimum absolute atomic E-state index is 0.0128. The van der Waals surface area contributed by atoms with Gasteiger partial charge in [0.25, 0.3) is 0 Å². The Morgan fingerprint density at radius 2 is 2.18 bits per heavy atom. The van der Waals surface area contributed by atoms with E-state index in [1.165, 1.54) is 12.3 Å². The number of halogens is 3. The molecule has 1 aromatic rings. The van der Waals surface area contributed by atoms with Gasteiger partial charge >= 0.3 is 6.18 Å². The summed E-state index contributed by atoms with van der Waals surface area (Å²) < 4.78 is 37.2. The summed E-state index contributed by atoms with van der Waals surface area (Å²) >= 11 is 4.77. The number of hydrogen-bond donors (Lipinski definition) is 1. The zero-order valence-corrected chi connectivity index (χ0v) is 9.98. The molecule has 0 fully saturated rings. The molecule has 1 aromatic heterocycles. The monoisotopic (exact) mass is 263 g/mol. The molecule has 0 saturated heterocycles. The Hall–Kier alpha value is -1.37. The Morgan fingerprint density at radius 1 is 1.53 bits per heavy atom. The molecular formula is C10H12F3N3S. The molecular weight excluding hydrogens is 251 g/mol. The van der Waals surface area contributed by atoms with E-state index in [4.69, 9.17) is 18.0 Å². The van der Waals surface area contributed by atoms with Crippen LogP contribution in [0, 0.1) is 0 Å². The molecule has 2 N–H and O–H groups in total. The number of rotatable bonds is 4. The fourth-order valence-electron chi connectivity index (χ4n) is 1.43. The SMILES string of the molecule is CCN(CC(F)(F)F)c1cccnc1C(N)=S. The molecule has 0 amide bonds. The van der Waals surface area contributed by atoms with Crippen LogP contribution in [0.4, 0.5) is 18.9 Å². The molecule has 0 spiro atoms. The van der Waals surface area contributed by atoms with Crippen LogP contribution in [0.3, 0.4) is 0 Å². The standard InChI is InChI=1S/C10H12F3N3S/c1-2-16(6-10(11,12)13)7-4-3-5-15-8(7)9(14)17/h3-5H,2,6H2,1H3,(H2,14,17). The fraction of sp³-hybridized carbons (Fsp3) is 0.400. The van der Waals surface area contributed by atoms with Gasteiger partial charge in [-0.2, -0.15) is 13.2 Å². The first kappa shape index (κ1) is 13.7. The maximum absolute atomic E-state index is 12.4. The van der Waals surface area contributed by atoms with E-state index in [2.05, 4.69) is 4.98 Å². The Bertz CT molecular complexity index is 406. The maximum atomic E-state index is 12.4. The lowest BCUT2D eigenvalue weighted by atomic mass is 10.2. The zero-order chi connectivity index (χ0) is 13.1. The third kappa shape index (κ3) is 3.85. The molecule has 0 aliphatic carbocycles. The van der Waals surface area contributed by atoms with Gasteiger partial charge in [0.1, 0.15) is 17.2 Å². The van der Waals surface area contributed by atoms with E-state index in [9.17, 15) is 13.2 Å². The number of aromatic nitrogens is 1. The van der Waals surface area contributed by atoms with Crippen LogP contribution in [0.2, 0.25) is 0 Å². The Morgan fingerprint density at radius 3 is 2.65 bits per heavy atom. The summed E-state index contributed by atoms with van der Waals surface area (Å²) in [6.45, 7) is 0.772. The zero-order valence-electron chi connectivity index (χ0n) is 9.16. The minimum atomic E-state index is -4.28. The summed E-state index contributed by atoms with van der Waals surface area (Å²) in [6.07, 6.45) is -2.83. The van der Waals surface area contributed by atoms with Gasteiger partial charge in [0.05, 0.1) is 5.69 Å². The van der Waals surface area contributed by atoms with Gasteiger partial charge < -0.3 is 10.6 Å². The van der Waals surface area contributed by atoms with E-state index in [1.807, 2.05) is 0 Å². The van der Waals surface area contributed by atoms with E-state index in [0.717, 1.165) is 4.90 Å². The maximum Gasteiger partial charge on any atom is 0.405 e. The van der Waals surface area contributed by atoms with E-state index in [0.29, 0.717) is 5.69 Å². The molecule has 0 aliphatic rings. The second-order valence-corrected chi connectivity index (χ2v) is 3.80. The molecule has 1 heterocycles. The van der Waals surface area contributed by atoms with Crippen molar-refractivity contribution in [3.05, 3.63) is 24.0 Å². The lowest BCUT2D eigenvalue weighted by Crippen LogP contribution is -2.35. The van der Waals surface area contributed by atoms with E-state index in [1.54, 1.807) is 13.0 Å². The van der Waals surface area contributed by atoms with E-state index < -0.39 is 12.7 Å². The Labute approximate surface area is 102 Å². The van der Waals surface area contributed by atoms with Crippen LogP contribution in [0.15, 0.2) is 18.3 Å². The molecule has 0 unspecified atom stereocenters. The molecule has 0 atom stereocenters. The summed E-state index contributed by atoms with van der Waals surface area (Å²) in [6, 6.07) is 3.08. The van der Waals surface area contributed by atoms with Gasteiger partial charge in [0.2, 0.25) is 0 Å². The topological polar surface area (TPSA) is 42.2 Å². The van der Waals surface area contributed by atoms with Crippen molar-refractivity contribution in [1.29, 1.82) is 0 Å². The molecule has 17 heavy (non-hydrogen) atoms. The number of hydrogen-bond acceptors (Lipinski definition) is 3. The second kappa shape index (κ2) is 5.31. The van der Waals surface area contributed by atoms with Crippen molar-refractivity contribution in [1.82, 2.24) is 4.98 Å². The van der Waals surface area contributed by atoms with Crippen molar-refractivity contribution < 1.29 is 13.2 Å². The molecule has 1 rings (SSSR count). The van der Waals surface area contributed by atoms with Gasteiger partial charge in [-0.3, -0.25) is 4.98 Å². The van der Waals surface area contributed by atoms with Gasteiger partial charge in [0.15, 0.2) is 0 Å². The smallest absolute Gasteiger partial charge is 0.388 e. The molecule has 0 saturated carbocycles. The number of nitrogens with two attached hydrogens (primary N) is 1. The highest BCUT2D eigenvalue weighted by atomic mass is 32.1. The molecule has 7 heteroatoms. The van der Waals surface area contributed by atoms with Crippen LogP contribution in [0.5, 0.6) is 0 Å². The summed E-state index contributed by atoms with van der Waals surface area (Å²) in [5, 5.41) is 0. The molecule has 0 bridgehead atoms. The van der Waals surface area contributed by atoms with Crippen LogP contribution < -0.4 is 10.6 Å². The second-order valence-electron chi connectivity index (χ2n) is 3.36.